The van der Waals surface area contributed by atoms with E-state index >= 15 is 0 Å². The van der Waals surface area contributed by atoms with Crippen LogP contribution in [0, 0.1) is 11.8 Å². The molecule has 0 unspecified atom stereocenters. The normalized spacial score (nSPS) is 21.3. The summed E-state index contributed by atoms with van der Waals surface area (Å²) in [7, 11) is 0. The number of aromatic carboxylic acids is 1. The second-order valence-electron chi connectivity index (χ2n) is 7.28. The summed E-state index contributed by atoms with van der Waals surface area (Å²) >= 11 is 0. The third kappa shape index (κ3) is 6.37. The molecule has 0 radical (unpaired) electrons. The average molecular weight is 316 g/mol. The van der Waals surface area contributed by atoms with Crippen molar-refractivity contribution >= 4 is 5.97 Å². The van der Waals surface area contributed by atoms with Gasteiger partial charge in [-0.3, -0.25) is 0 Å². The molecule has 1 fully saturated rings. The highest BCUT2D eigenvalue weighted by Crippen LogP contribution is 2.34. The number of carboxylic acid groups (broad SMARTS) is 1. The molecule has 1 aromatic rings. The van der Waals surface area contributed by atoms with Gasteiger partial charge in [-0.05, 0) is 42.4 Å². The quantitative estimate of drug-likeness (QED) is 0.559. The van der Waals surface area contributed by atoms with E-state index < -0.39 is 5.97 Å². The number of hydrogen-bond donors (Lipinski definition) is 1. The Morgan fingerprint density at radius 2 is 1.57 bits per heavy atom. The lowest BCUT2D eigenvalue weighted by molar-refractivity contribution is 0.0697. The Hall–Kier alpha value is -1.31. The fourth-order valence-electron chi connectivity index (χ4n) is 3.85. The average Bonchev–Trinajstić information content (AvgIpc) is 2.58. The van der Waals surface area contributed by atoms with Gasteiger partial charge in [0.1, 0.15) is 0 Å². The van der Waals surface area contributed by atoms with Gasteiger partial charge in [-0.1, -0.05) is 76.8 Å². The zero-order valence-electron chi connectivity index (χ0n) is 14.6. The highest BCUT2D eigenvalue weighted by atomic mass is 16.4. The highest BCUT2D eigenvalue weighted by molar-refractivity contribution is 5.87. The summed E-state index contributed by atoms with van der Waals surface area (Å²) in [5.41, 5.74) is 1.66. The monoisotopic (exact) mass is 316 g/mol. The van der Waals surface area contributed by atoms with Crippen LogP contribution in [0.15, 0.2) is 24.3 Å². The number of carbonyl (C=O) groups is 1. The van der Waals surface area contributed by atoms with Crippen LogP contribution in [0.25, 0.3) is 0 Å². The van der Waals surface area contributed by atoms with Crippen molar-refractivity contribution in [1.29, 1.82) is 0 Å². The first-order valence-electron chi connectivity index (χ1n) is 9.51. The summed E-state index contributed by atoms with van der Waals surface area (Å²) < 4.78 is 0. The van der Waals surface area contributed by atoms with Crippen LogP contribution < -0.4 is 0 Å². The number of rotatable bonds is 9. The first-order valence-corrected chi connectivity index (χ1v) is 9.51. The molecule has 1 aliphatic rings. The summed E-state index contributed by atoms with van der Waals surface area (Å²) in [6.07, 6.45) is 15.0. The minimum Gasteiger partial charge on any atom is -0.478 e. The van der Waals surface area contributed by atoms with Crippen LogP contribution in [0.3, 0.4) is 0 Å². The first kappa shape index (κ1) is 18.0. The van der Waals surface area contributed by atoms with Crippen LogP contribution in [0.5, 0.6) is 0 Å². The van der Waals surface area contributed by atoms with Crippen LogP contribution in [0.4, 0.5) is 0 Å². The lowest BCUT2D eigenvalue weighted by Crippen LogP contribution is -2.15. The molecule has 0 spiro atoms. The molecule has 0 bridgehead atoms. The maximum Gasteiger partial charge on any atom is 0.335 e. The third-order valence-electron chi connectivity index (χ3n) is 5.47. The van der Waals surface area contributed by atoms with E-state index in [0.29, 0.717) is 5.56 Å². The molecule has 1 aromatic carbocycles. The molecule has 0 saturated heterocycles. The van der Waals surface area contributed by atoms with Gasteiger partial charge in [-0.2, -0.15) is 0 Å². The maximum atomic E-state index is 10.9. The van der Waals surface area contributed by atoms with E-state index in [2.05, 4.69) is 6.92 Å². The summed E-state index contributed by atoms with van der Waals surface area (Å²) in [6, 6.07) is 7.40. The van der Waals surface area contributed by atoms with Crippen LogP contribution in [-0.2, 0) is 6.42 Å². The van der Waals surface area contributed by atoms with E-state index in [1.54, 1.807) is 12.1 Å². The van der Waals surface area contributed by atoms with E-state index in [9.17, 15) is 4.79 Å². The molecule has 1 N–H and O–H groups in total. The van der Waals surface area contributed by atoms with Crippen LogP contribution in [0.1, 0.15) is 87.1 Å². The van der Waals surface area contributed by atoms with Gasteiger partial charge in [0.25, 0.3) is 0 Å². The molecule has 128 valence electrons. The van der Waals surface area contributed by atoms with Gasteiger partial charge in [0.15, 0.2) is 0 Å². The van der Waals surface area contributed by atoms with E-state index in [0.717, 1.165) is 18.3 Å². The molecule has 2 nitrogen and oxygen atoms in total. The van der Waals surface area contributed by atoms with E-state index in [1.807, 2.05) is 12.1 Å². The second kappa shape index (κ2) is 9.75. The molecule has 0 amide bonds. The molecule has 1 aliphatic carbocycles. The number of hydrogen-bond acceptors (Lipinski definition) is 1. The lowest BCUT2D eigenvalue weighted by atomic mass is 9.77. The van der Waals surface area contributed by atoms with Crippen molar-refractivity contribution in [2.45, 2.75) is 77.6 Å². The van der Waals surface area contributed by atoms with Gasteiger partial charge in [-0.15, -0.1) is 0 Å². The number of benzene rings is 1. The summed E-state index contributed by atoms with van der Waals surface area (Å²) in [5.74, 6) is 1.02. The van der Waals surface area contributed by atoms with Gasteiger partial charge >= 0.3 is 5.97 Å². The Labute approximate surface area is 141 Å². The fourth-order valence-corrected chi connectivity index (χ4v) is 3.85. The molecule has 0 aliphatic heterocycles. The highest BCUT2D eigenvalue weighted by Gasteiger charge is 2.20. The largest absolute Gasteiger partial charge is 0.478 e. The predicted octanol–water partition coefficient (Wildman–Crippen LogP) is 6.09. The minimum absolute atomic E-state index is 0.386. The molecular formula is C21H32O2. The fraction of sp³-hybridized carbons (Fsp3) is 0.667. The van der Waals surface area contributed by atoms with Crippen molar-refractivity contribution in [2.24, 2.45) is 11.8 Å². The smallest absolute Gasteiger partial charge is 0.335 e. The summed E-state index contributed by atoms with van der Waals surface area (Å²) in [4.78, 5) is 10.9. The Bertz CT molecular complexity index is 455. The molecule has 0 atom stereocenters. The van der Waals surface area contributed by atoms with Crippen molar-refractivity contribution in [3.63, 3.8) is 0 Å². The van der Waals surface area contributed by atoms with Crippen molar-refractivity contribution < 1.29 is 9.90 Å². The SMILES string of the molecule is CCCCCCC1CCC(CCc2ccc(C(=O)O)cc2)CC1. The molecule has 2 rings (SSSR count). The van der Waals surface area contributed by atoms with Gasteiger partial charge < -0.3 is 5.11 Å². The first-order chi connectivity index (χ1) is 11.2. The van der Waals surface area contributed by atoms with Crippen LogP contribution in [0.2, 0.25) is 0 Å². The Morgan fingerprint density at radius 3 is 2.13 bits per heavy atom. The van der Waals surface area contributed by atoms with E-state index in [-0.39, 0.29) is 0 Å². The van der Waals surface area contributed by atoms with Crippen molar-refractivity contribution in [2.75, 3.05) is 0 Å². The van der Waals surface area contributed by atoms with Crippen LogP contribution >= 0.6 is 0 Å². The predicted molar refractivity (Wildman–Crippen MR) is 95.9 cm³/mol. The molecule has 0 aromatic heterocycles. The molecule has 2 heteroatoms. The zero-order valence-corrected chi connectivity index (χ0v) is 14.6. The Kier molecular flexibility index (Phi) is 7.64. The number of carboxylic acids is 1. The van der Waals surface area contributed by atoms with Crippen molar-refractivity contribution in [3.05, 3.63) is 35.4 Å². The van der Waals surface area contributed by atoms with Gasteiger partial charge in [-0.25, -0.2) is 4.79 Å². The van der Waals surface area contributed by atoms with Gasteiger partial charge in [0.05, 0.1) is 5.56 Å². The number of aryl methyl sites for hydroxylation is 1. The molecule has 1 saturated carbocycles. The molecule has 23 heavy (non-hydrogen) atoms. The van der Waals surface area contributed by atoms with E-state index in [1.165, 1.54) is 69.8 Å². The summed E-state index contributed by atoms with van der Waals surface area (Å²) in [6.45, 7) is 2.28. The van der Waals surface area contributed by atoms with Gasteiger partial charge in [0, 0.05) is 0 Å². The molecular weight excluding hydrogens is 284 g/mol. The third-order valence-corrected chi connectivity index (χ3v) is 5.47. The Morgan fingerprint density at radius 1 is 0.957 bits per heavy atom. The van der Waals surface area contributed by atoms with Crippen molar-refractivity contribution in [1.82, 2.24) is 0 Å². The maximum absolute atomic E-state index is 10.9. The zero-order chi connectivity index (χ0) is 16.5. The standard InChI is InChI=1S/C21H32O2/c1-2-3-4-5-6-17-7-9-18(10-8-17)11-12-19-13-15-20(16-14-19)21(22)23/h13-18H,2-12H2,1H3,(H,22,23). The van der Waals surface area contributed by atoms with E-state index in [4.69, 9.17) is 5.11 Å². The summed E-state index contributed by atoms with van der Waals surface area (Å²) in [5, 5.41) is 8.93. The number of unbranched alkanes of at least 4 members (excludes halogenated alkanes) is 3. The van der Waals surface area contributed by atoms with Crippen molar-refractivity contribution in [3.8, 4) is 0 Å². The minimum atomic E-state index is -0.839. The Balaban J connectivity index is 1.63. The second-order valence-corrected chi connectivity index (χ2v) is 7.28. The lowest BCUT2D eigenvalue weighted by Gasteiger charge is -2.28. The molecule has 0 heterocycles. The van der Waals surface area contributed by atoms with Gasteiger partial charge in [0.2, 0.25) is 0 Å². The van der Waals surface area contributed by atoms with Crippen LogP contribution in [-0.4, -0.2) is 11.1 Å². The topological polar surface area (TPSA) is 37.3 Å².